The highest BCUT2D eigenvalue weighted by atomic mass is 32.2. The number of alkyl halides is 3. The lowest BCUT2D eigenvalue weighted by Gasteiger charge is -2.40. The van der Waals surface area contributed by atoms with Crippen molar-refractivity contribution in [2.24, 2.45) is 17.6 Å². The third kappa shape index (κ3) is 7.32. The Bertz CT molecular complexity index is 1030. The molecule has 0 amide bonds. The first kappa shape index (κ1) is 28.4. The van der Waals surface area contributed by atoms with Crippen LogP contribution in [0.1, 0.15) is 12.0 Å². The van der Waals surface area contributed by atoms with E-state index in [4.69, 9.17) is 20.4 Å². The molecule has 16 heteroatoms. The largest absolute Gasteiger partial charge is 0.483 e. The van der Waals surface area contributed by atoms with Crippen molar-refractivity contribution in [2.45, 2.75) is 24.2 Å². The molecule has 1 aromatic rings. The number of halogens is 3. The first-order chi connectivity index (χ1) is 15.8. The molecule has 2 fully saturated rings. The van der Waals surface area contributed by atoms with Crippen LogP contribution in [-0.2, 0) is 36.1 Å². The Labute approximate surface area is 195 Å². The van der Waals surface area contributed by atoms with Gasteiger partial charge in [-0.25, -0.2) is 13.4 Å². The van der Waals surface area contributed by atoms with E-state index in [0.29, 0.717) is 5.56 Å². The molecule has 11 nitrogen and oxygen atoms in total. The lowest BCUT2D eigenvalue weighted by atomic mass is 9.91. The SMILES string of the molecule is NCc1ccnc(S(=O)(=O)CC2CC(C(F)(F)F)CN(S(=O)(=O)N3CCOCC3)C2)c1.O=CO. The van der Waals surface area contributed by atoms with Crippen LogP contribution in [0.3, 0.4) is 0 Å². The molecule has 0 spiro atoms. The number of piperidine rings is 1. The highest BCUT2D eigenvalue weighted by molar-refractivity contribution is 7.91. The molecule has 0 bridgehead atoms. The molecule has 0 aliphatic carbocycles. The number of hydrogen-bond donors (Lipinski definition) is 2. The first-order valence-corrected chi connectivity index (χ1v) is 13.2. The molecule has 3 rings (SSSR count). The van der Waals surface area contributed by atoms with Crippen LogP contribution in [0.5, 0.6) is 0 Å². The molecule has 0 radical (unpaired) electrons. The first-order valence-electron chi connectivity index (χ1n) is 10.2. The molecule has 0 saturated carbocycles. The van der Waals surface area contributed by atoms with E-state index in [1.165, 1.54) is 18.3 Å². The van der Waals surface area contributed by atoms with Crippen molar-refractivity contribution in [2.75, 3.05) is 45.1 Å². The van der Waals surface area contributed by atoms with Gasteiger partial charge in [-0.05, 0) is 30.0 Å². The van der Waals surface area contributed by atoms with Gasteiger partial charge in [0.25, 0.3) is 16.7 Å². The van der Waals surface area contributed by atoms with E-state index >= 15 is 0 Å². The molecule has 2 atom stereocenters. The number of nitrogens with zero attached hydrogens (tertiary/aromatic N) is 3. The lowest BCUT2D eigenvalue weighted by Crippen LogP contribution is -2.55. The topological polar surface area (TPSA) is 160 Å². The number of hydrogen-bond acceptors (Lipinski definition) is 8. The van der Waals surface area contributed by atoms with E-state index < -0.39 is 56.8 Å². The molecule has 0 aromatic carbocycles. The number of carbonyl (C=O) groups is 1. The summed E-state index contributed by atoms with van der Waals surface area (Å²) in [4.78, 5) is 12.2. The quantitative estimate of drug-likeness (QED) is 0.484. The summed E-state index contributed by atoms with van der Waals surface area (Å²) >= 11 is 0. The fourth-order valence-electron chi connectivity index (χ4n) is 3.79. The van der Waals surface area contributed by atoms with Gasteiger partial charge in [0.2, 0.25) is 0 Å². The van der Waals surface area contributed by atoms with Gasteiger partial charge in [0.15, 0.2) is 14.9 Å². The van der Waals surface area contributed by atoms with E-state index in [9.17, 15) is 30.0 Å². The third-order valence-electron chi connectivity index (χ3n) is 5.40. The number of rotatable bonds is 6. The minimum absolute atomic E-state index is 0.0360. The average Bonchev–Trinajstić information content (AvgIpc) is 2.79. The summed E-state index contributed by atoms with van der Waals surface area (Å²) in [6.45, 7) is -0.852. The summed E-state index contributed by atoms with van der Waals surface area (Å²) in [6, 6.07) is 2.82. The van der Waals surface area contributed by atoms with Crippen molar-refractivity contribution in [1.29, 1.82) is 0 Å². The molecule has 2 aliphatic heterocycles. The van der Waals surface area contributed by atoms with Gasteiger partial charge < -0.3 is 15.6 Å². The van der Waals surface area contributed by atoms with Crippen LogP contribution in [0.15, 0.2) is 23.4 Å². The standard InChI is InChI=1S/C17H25F3N4O5S2.CH2O2/c18-17(19,20)15-7-14(12-30(25,26)16-8-13(9-21)1-2-22-16)10-24(11-15)31(27,28)23-3-5-29-6-4-23;2-1-3/h1-2,8,14-15H,3-7,9-12,21H2;1H,(H,2,3). The Morgan fingerprint density at radius 1 is 1.18 bits per heavy atom. The highest BCUT2D eigenvalue weighted by Crippen LogP contribution is 2.37. The van der Waals surface area contributed by atoms with Crippen LogP contribution in [0.2, 0.25) is 0 Å². The zero-order valence-corrected chi connectivity index (χ0v) is 19.7. The zero-order valence-electron chi connectivity index (χ0n) is 18.1. The van der Waals surface area contributed by atoms with Gasteiger partial charge in [0, 0.05) is 38.9 Å². The number of aromatic nitrogens is 1. The minimum atomic E-state index is -4.65. The molecular weight excluding hydrogens is 505 g/mol. The van der Waals surface area contributed by atoms with Crippen LogP contribution in [0, 0.1) is 11.8 Å². The summed E-state index contributed by atoms with van der Waals surface area (Å²) in [6.07, 6.45) is -3.86. The summed E-state index contributed by atoms with van der Waals surface area (Å²) in [5, 5.41) is 6.60. The van der Waals surface area contributed by atoms with E-state index in [0.717, 1.165) is 8.61 Å². The van der Waals surface area contributed by atoms with Gasteiger partial charge in [-0.2, -0.15) is 30.2 Å². The molecule has 34 heavy (non-hydrogen) atoms. The molecule has 1 aromatic heterocycles. The van der Waals surface area contributed by atoms with E-state index in [2.05, 4.69) is 4.98 Å². The van der Waals surface area contributed by atoms with Crippen molar-refractivity contribution < 1.29 is 44.6 Å². The highest BCUT2D eigenvalue weighted by Gasteiger charge is 2.48. The van der Waals surface area contributed by atoms with Gasteiger partial charge in [-0.1, -0.05) is 0 Å². The molecule has 2 aliphatic rings. The second kappa shape index (κ2) is 11.7. The summed E-state index contributed by atoms with van der Waals surface area (Å²) in [5.41, 5.74) is 6.03. The molecule has 2 saturated heterocycles. The van der Waals surface area contributed by atoms with E-state index in [1.807, 2.05) is 0 Å². The maximum atomic E-state index is 13.5. The Balaban J connectivity index is 0.00000129. The normalized spacial score (nSPS) is 23.1. The van der Waals surface area contributed by atoms with Crippen LogP contribution in [0.4, 0.5) is 13.2 Å². The Kier molecular flexibility index (Phi) is 9.79. The number of carboxylic acid groups (broad SMARTS) is 1. The smallest absolute Gasteiger partial charge is 0.393 e. The van der Waals surface area contributed by atoms with Crippen molar-refractivity contribution in [1.82, 2.24) is 13.6 Å². The average molecular weight is 533 g/mol. The molecule has 3 N–H and O–H groups in total. The summed E-state index contributed by atoms with van der Waals surface area (Å²) in [5.74, 6) is -3.64. The predicted octanol–water partition coefficient (Wildman–Crippen LogP) is 0.0922. The van der Waals surface area contributed by atoms with Crippen molar-refractivity contribution >= 4 is 26.5 Å². The van der Waals surface area contributed by atoms with Gasteiger partial charge >= 0.3 is 6.18 Å². The van der Waals surface area contributed by atoms with Crippen LogP contribution in [0.25, 0.3) is 0 Å². The second-order valence-electron chi connectivity index (χ2n) is 7.77. The van der Waals surface area contributed by atoms with Crippen LogP contribution in [-0.4, -0.2) is 93.3 Å². The number of nitrogens with two attached hydrogens (primary N) is 1. The van der Waals surface area contributed by atoms with E-state index in [1.54, 1.807) is 0 Å². The van der Waals surface area contributed by atoms with E-state index in [-0.39, 0.29) is 50.9 Å². The third-order valence-corrected chi connectivity index (χ3v) is 9.14. The molecular formula is C18H27F3N4O7S2. The maximum Gasteiger partial charge on any atom is 0.393 e. The Hall–Kier alpha value is -1.85. The number of morpholine rings is 1. The van der Waals surface area contributed by atoms with Gasteiger partial charge in [0.1, 0.15) is 0 Å². The number of sulfone groups is 1. The predicted molar refractivity (Wildman–Crippen MR) is 113 cm³/mol. The molecule has 2 unspecified atom stereocenters. The number of pyridine rings is 1. The second-order valence-corrected chi connectivity index (χ2v) is 11.7. The molecule has 3 heterocycles. The lowest BCUT2D eigenvalue weighted by molar-refractivity contribution is -0.186. The summed E-state index contributed by atoms with van der Waals surface area (Å²) in [7, 11) is -8.23. The van der Waals surface area contributed by atoms with Crippen molar-refractivity contribution in [3.8, 4) is 0 Å². The monoisotopic (exact) mass is 532 g/mol. The van der Waals surface area contributed by atoms with Crippen LogP contribution < -0.4 is 5.73 Å². The van der Waals surface area contributed by atoms with Crippen LogP contribution >= 0.6 is 0 Å². The minimum Gasteiger partial charge on any atom is -0.483 e. The molecule has 194 valence electrons. The van der Waals surface area contributed by atoms with Gasteiger partial charge in [-0.3, -0.25) is 4.79 Å². The summed E-state index contributed by atoms with van der Waals surface area (Å²) < 4.78 is 99.0. The fourth-order valence-corrected chi connectivity index (χ4v) is 7.08. The number of ether oxygens (including phenoxy) is 1. The van der Waals surface area contributed by atoms with Crippen molar-refractivity contribution in [3.63, 3.8) is 0 Å². The van der Waals surface area contributed by atoms with Gasteiger partial charge in [-0.15, -0.1) is 0 Å². The van der Waals surface area contributed by atoms with Gasteiger partial charge in [0.05, 0.1) is 24.9 Å². The Morgan fingerprint density at radius 3 is 2.35 bits per heavy atom. The zero-order chi connectivity index (χ0) is 25.6. The maximum absolute atomic E-state index is 13.5. The Morgan fingerprint density at radius 2 is 1.79 bits per heavy atom. The fraction of sp³-hybridized carbons (Fsp3) is 0.667. The van der Waals surface area contributed by atoms with Crippen molar-refractivity contribution in [3.05, 3.63) is 23.9 Å².